The Bertz CT molecular complexity index is 83.3. The Kier molecular flexibility index (Phi) is 7.04. The lowest BCUT2D eigenvalue weighted by Gasteiger charge is -1.99. The smallest absolute Gasteiger partial charge is 0.137 e. The zero-order valence-corrected chi connectivity index (χ0v) is 7.23. The van der Waals surface area contributed by atoms with Crippen LogP contribution in [0.4, 0.5) is 0 Å². The summed E-state index contributed by atoms with van der Waals surface area (Å²) in [6.45, 7) is 2.16. The van der Waals surface area contributed by atoms with Crippen molar-refractivity contribution in [2.45, 2.75) is 44.4 Å². The Labute approximate surface area is 67.8 Å². The van der Waals surface area contributed by atoms with E-state index in [1.807, 2.05) is 0 Å². The van der Waals surface area contributed by atoms with Gasteiger partial charge in [0.2, 0.25) is 0 Å². The minimum Gasteiger partial charge on any atom is -0.302 e. The number of halogens is 1. The van der Waals surface area contributed by atoms with E-state index in [4.69, 9.17) is 11.6 Å². The Balaban J connectivity index is 2.95. The van der Waals surface area contributed by atoms with Gasteiger partial charge in [-0.3, -0.25) is 0 Å². The fourth-order valence-corrected chi connectivity index (χ4v) is 0.988. The zero-order valence-electron chi connectivity index (χ0n) is 6.48. The van der Waals surface area contributed by atoms with Crippen LogP contribution in [0.15, 0.2) is 0 Å². The number of hydrogen-bond acceptors (Lipinski definition) is 1. The second-order valence-corrected chi connectivity index (χ2v) is 3.06. The van der Waals surface area contributed by atoms with Crippen LogP contribution >= 0.6 is 11.6 Å². The van der Waals surface area contributed by atoms with Crippen LogP contribution in [0.1, 0.15) is 39.0 Å². The normalized spacial score (nSPS) is 13.0. The van der Waals surface area contributed by atoms with E-state index in [0.29, 0.717) is 0 Å². The Morgan fingerprint density at radius 1 is 1.40 bits per heavy atom. The molecule has 0 N–H and O–H groups in total. The summed E-state index contributed by atoms with van der Waals surface area (Å²) in [6, 6.07) is 0. The maximum Gasteiger partial charge on any atom is 0.137 e. The van der Waals surface area contributed by atoms with Crippen molar-refractivity contribution in [2.24, 2.45) is 0 Å². The van der Waals surface area contributed by atoms with Crippen LogP contribution in [-0.4, -0.2) is 11.7 Å². The van der Waals surface area contributed by atoms with Crippen molar-refractivity contribution >= 4 is 17.9 Å². The molecule has 0 spiro atoms. The zero-order chi connectivity index (χ0) is 7.82. The first-order valence-electron chi connectivity index (χ1n) is 3.90. The third-order valence-corrected chi connectivity index (χ3v) is 1.80. The second kappa shape index (κ2) is 7.07. The highest BCUT2D eigenvalue weighted by atomic mass is 35.5. The second-order valence-electron chi connectivity index (χ2n) is 2.50. The molecule has 60 valence electrons. The molecular formula is C8H15ClO. The molecule has 1 unspecified atom stereocenters. The molecule has 0 amide bonds. The van der Waals surface area contributed by atoms with Crippen LogP contribution in [0.25, 0.3) is 0 Å². The maximum atomic E-state index is 10.0. The highest BCUT2D eigenvalue weighted by molar-refractivity contribution is 6.27. The van der Waals surface area contributed by atoms with Gasteiger partial charge in [0.15, 0.2) is 0 Å². The van der Waals surface area contributed by atoms with E-state index in [0.717, 1.165) is 19.1 Å². The van der Waals surface area contributed by atoms with E-state index in [9.17, 15) is 4.79 Å². The van der Waals surface area contributed by atoms with Gasteiger partial charge in [0.1, 0.15) is 6.29 Å². The van der Waals surface area contributed by atoms with Gasteiger partial charge in [-0.25, -0.2) is 0 Å². The number of unbranched alkanes of at least 4 members (excludes halogenated alkanes) is 3. The van der Waals surface area contributed by atoms with Gasteiger partial charge in [-0.1, -0.05) is 32.6 Å². The fraction of sp³-hybridized carbons (Fsp3) is 0.875. The molecule has 0 rings (SSSR count). The van der Waals surface area contributed by atoms with E-state index < -0.39 is 0 Å². The van der Waals surface area contributed by atoms with Crippen LogP contribution in [0.3, 0.4) is 0 Å². The molecule has 0 radical (unpaired) electrons. The summed E-state index contributed by atoms with van der Waals surface area (Å²) >= 11 is 5.58. The van der Waals surface area contributed by atoms with Crippen molar-refractivity contribution in [3.8, 4) is 0 Å². The van der Waals surface area contributed by atoms with Gasteiger partial charge in [-0.2, -0.15) is 0 Å². The largest absolute Gasteiger partial charge is 0.302 e. The quantitative estimate of drug-likeness (QED) is 0.334. The van der Waals surface area contributed by atoms with Gasteiger partial charge in [0, 0.05) is 0 Å². The average molecular weight is 163 g/mol. The number of hydrogen-bond donors (Lipinski definition) is 0. The lowest BCUT2D eigenvalue weighted by molar-refractivity contribution is -0.107. The van der Waals surface area contributed by atoms with Crippen LogP contribution in [0.5, 0.6) is 0 Å². The fourth-order valence-electron chi connectivity index (χ4n) is 0.834. The summed E-state index contributed by atoms with van der Waals surface area (Å²) in [5.74, 6) is 0. The first-order valence-corrected chi connectivity index (χ1v) is 4.34. The molecular weight excluding hydrogens is 148 g/mol. The van der Waals surface area contributed by atoms with Crippen molar-refractivity contribution in [1.29, 1.82) is 0 Å². The molecule has 1 atom stereocenters. The average Bonchev–Trinajstić information content (AvgIpc) is 1.98. The third kappa shape index (κ3) is 6.09. The monoisotopic (exact) mass is 162 g/mol. The summed E-state index contributed by atoms with van der Waals surface area (Å²) < 4.78 is 0. The number of carbonyl (C=O) groups is 1. The van der Waals surface area contributed by atoms with Crippen LogP contribution < -0.4 is 0 Å². The highest BCUT2D eigenvalue weighted by Gasteiger charge is 1.99. The van der Waals surface area contributed by atoms with Crippen molar-refractivity contribution in [1.82, 2.24) is 0 Å². The van der Waals surface area contributed by atoms with Gasteiger partial charge >= 0.3 is 0 Å². The molecule has 0 heterocycles. The molecule has 2 heteroatoms. The first-order chi connectivity index (χ1) is 4.81. The first kappa shape index (κ1) is 9.96. The molecule has 0 aromatic heterocycles. The topological polar surface area (TPSA) is 17.1 Å². The van der Waals surface area contributed by atoms with E-state index in [2.05, 4.69) is 6.92 Å². The Morgan fingerprint density at radius 3 is 2.60 bits per heavy atom. The molecule has 1 nitrogen and oxygen atoms in total. The van der Waals surface area contributed by atoms with Gasteiger partial charge in [-0.05, 0) is 6.42 Å². The summed E-state index contributed by atoms with van der Waals surface area (Å²) in [5.41, 5.74) is 0. The predicted molar refractivity (Wildman–Crippen MR) is 44.5 cm³/mol. The SMILES string of the molecule is CCCCCCC(Cl)C=O. The van der Waals surface area contributed by atoms with E-state index >= 15 is 0 Å². The molecule has 0 fully saturated rings. The van der Waals surface area contributed by atoms with Gasteiger partial charge in [0.05, 0.1) is 5.38 Å². The maximum absolute atomic E-state index is 10.0. The number of alkyl halides is 1. The third-order valence-electron chi connectivity index (χ3n) is 1.48. The summed E-state index contributed by atoms with van der Waals surface area (Å²) in [5, 5.41) is -0.253. The van der Waals surface area contributed by atoms with Crippen molar-refractivity contribution in [3.05, 3.63) is 0 Å². The van der Waals surface area contributed by atoms with Gasteiger partial charge in [-0.15, -0.1) is 11.6 Å². The van der Waals surface area contributed by atoms with Crippen molar-refractivity contribution < 1.29 is 4.79 Å². The molecule has 0 bridgehead atoms. The van der Waals surface area contributed by atoms with E-state index in [1.54, 1.807) is 0 Å². The van der Waals surface area contributed by atoms with E-state index in [1.165, 1.54) is 19.3 Å². The molecule has 0 aromatic rings. The number of carbonyl (C=O) groups excluding carboxylic acids is 1. The molecule has 10 heavy (non-hydrogen) atoms. The van der Waals surface area contributed by atoms with E-state index in [-0.39, 0.29) is 5.38 Å². The standard InChI is InChI=1S/C8H15ClO/c1-2-3-4-5-6-8(9)7-10/h7-8H,2-6H2,1H3. The minimum absolute atomic E-state index is 0.253. The van der Waals surface area contributed by atoms with Gasteiger partial charge in [0.25, 0.3) is 0 Å². The summed E-state index contributed by atoms with van der Waals surface area (Å²) in [6.07, 6.45) is 6.42. The molecule has 0 aliphatic carbocycles. The minimum atomic E-state index is -0.253. The number of aldehydes is 1. The van der Waals surface area contributed by atoms with Crippen molar-refractivity contribution in [3.63, 3.8) is 0 Å². The van der Waals surface area contributed by atoms with Crippen molar-refractivity contribution in [2.75, 3.05) is 0 Å². The van der Waals surface area contributed by atoms with Crippen LogP contribution in [0.2, 0.25) is 0 Å². The lowest BCUT2D eigenvalue weighted by atomic mass is 10.1. The molecule has 0 saturated heterocycles. The number of rotatable bonds is 6. The molecule has 0 aliphatic rings. The summed E-state index contributed by atoms with van der Waals surface area (Å²) in [4.78, 5) is 10.0. The Hall–Kier alpha value is -0.0400. The molecule has 0 aliphatic heterocycles. The Morgan fingerprint density at radius 2 is 2.10 bits per heavy atom. The molecule has 0 saturated carbocycles. The summed E-state index contributed by atoms with van der Waals surface area (Å²) in [7, 11) is 0. The predicted octanol–water partition coefficient (Wildman–Crippen LogP) is 2.76. The van der Waals surface area contributed by atoms with Crippen LogP contribution in [0, 0.1) is 0 Å². The van der Waals surface area contributed by atoms with Crippen LogP contribution in [-0.2, 0) is 4.79 Å². The lowest BCUT2D eigenvalue weighted by Crippen LogP contribution is -1.98. The van der Waals surface area contributed by atoms with Gasteiger partial charge < -0.3 is 4.79 Å². The molecule has 0 aromatic carbocycles. The highest BCUT2D eigenvalue weighted by Crippen LogP contribution is 2.07.